The van der Waals surface area contributed by atoms with Crippen molar-refractivity contribution in [3.8, 4) is 11.5 Å². The molecule has 1 aromatic carbocycles. The van der Waals surface area contributed by atoms with Crippen molar-refractivity contribution < 1.29 is 14.3 Å². The summed E-state index contributed by atoms with van der Waals surface area (Å²) in [5.74, 6) is 1.36. The van der Waals surface area contributed by atoms with Crippen LogP contribution in [0.1, 0.15) is 5.56 Å². The van der Waals surface area contributed by atoms with Gasteiger partial charge in [-0.3, -0.25) is 4.79 Å². The second kappa shape index (κ2) is 7.35. The highest BCUT2D eigenvalue weighted by Gasteiger charge is 2.10. The zero-order valence-corrected chi connectivity index (χ0v) is 13.2. The summed E-state index contributed by atoms with van der Waals surface area (Å²) >= 11 is 3.44. The van der Waals surface area contributed by atoms with Gasteiger partial charge in [-0.15, -0.1) is 0 Å². The van der Waals surface area contributed by atoms with Crippen LogP contribution in [0.25, 0.3) is 0 Å². The molecule has 106 valence electrons. The van der Waals surface area contributed by atoms with Crippen LogP contribution in [0.5, 0.6) is 11.5 Å². The quantitative estimate of drug-likeness (QED) is 0.861. The van der Waals surface area contributed by atoms with Crippen LogP contribution in [0, 0.1) is 0 Å². The first-order valence-electron chi connectivity index (χ1n) is 5.80. The van der Waals surface area contributed by atoms with Gasteiger partial charge < -0.3 is 19.7 Å². The molecular formula is C13H19BrN2O3. The number of halogens is 1. The molecule has 0 aliphatic heterocycles. The summed E-state index contributed by atoms with van der Waals surface area (Å²) in [5.41, 5.74) is 1.01. The lowest BCUT2D eigenvalue weighted by Crippen LogP contribution is -2.32. The average molecular weight is 331 g/mol. The number of benzene rings is 1. The second-order valence-electron chi connectivity index (χ2n) is 4.20. The fourth-order valence-corrected chi connectivity index (χ4v) is 2.20. The maximum Gasteiger partial charge on any atom is 0.236 e. The standard InChI is InChI=1S/C13H19BrN2O3/c1-16(2)12(17)8-15-7-9-5-10(14)13(19-4)11(6-9)18-3/h5-6,15H,7-8H2,1-4H3. The number of hydrogen-bond acceptors (Lipinski definition) is 4. The summed E-state index contributed by atoms with van der Waals surface area (Å²) in [6.45, 7) is 0.886. The highest BCUT2D eigenvalue weighted by atomic mass is 79.9. The van der Waals surface area contributed by atoms with E-state index in [2.05, 4.69) is 21.2 Å². The minimum atomic E-state index is 0.0412. The number of rotatable bonds is 6. The molecule has 1 N–H and O–H groups in total. The number of nitrogens with zero attached hydrogens (tertiary/aromatic N) is 1. The monoisotopic (exact) mass is 330 g/mol. The van der Waals surface area contributed by atoms with Gasteiger partial charge in [0.05, 0.1) is 25.2 Å². The Morgan fingerprint density at radius 2 is 2.00 bits per heavy atom. The van der Waals surface area contributed by atoms with Gasteiger partial charge in [-0.05, 0) is 33.6 Å². The second-order valence-corrected chi connectivity index (χ2v) is 5.06. The van der Waals surface area contributed by atoms with Crippen LogP contribution in [0.4, 0.5) is 0 Å². The average Bonchev–Trinajstić information content (AvgIpc) is 2.37. The Hall–Kier alpha value is -1.27. The summed E-state index contributed by atoms with van der Waals surface area (Å²) in [7, 11) is 6.65. The third-order valence-electron chi connectivity index (χ3n) is 2.60. The molecule has 6 heteroatoms. The first-order chi connectivity index (χ1) is 8.99. The minimum Gasteiger partial charge on any atom is -0.493 e. The van der Waals surface area contributed by atoms with Crippen molar-refractivity contribution in [1.82, 2.24) is 10.2 Å². The minimum absolute atomic E-state index is 0.0412. The van der Waals surface area contributed by atoms with E-state index in [1.165, 1.54) is 0 Å². The number of ether oxygens (including phenoxy) is 2. The maximum absolute atomic E-state index is 11.4. The highest BCUT2D eigenvalue weighted by molar-refractivity contribution is 9.10. The zero-order valence-electron chi connectivity index (χ0n) is 11.6. The summed E-state index contributed by atoms with van der Waals surface area (Å²) in [6, 6.07) is 3.82. The van der Waals surface area contributed by atoms with Crippen molar-refractivity contribution in [2.75, 3.05) is 34.9 Å². The lowest BCUT2D eigenvalue weighted by molar-refractivity contribution is -0.127. The van der Waals surface area contributed by atoms with Crippen molar-refractivity contribution in [3.63, 3.8) is 0 Å². The summed E-state index contributed by atoms with van der Waals surface area (Å²) < 4.78 is 11.3. The topological polar surface area (TPSA) is 50.8 Å². The number of likely N-dealkylation sites (N-methyl/N-ethyl adjacent to an activating group) is 1. The number of hydrogen-bond donors (Lipinski definition) is 1. The smallest absolute Gasteiger partial charge is 0.236 e. The van der Waals surface area contributed by atoms with Gasteiger partial charge in [0.25, 0.3) is 0 Å². The summed E-state index contributed by atoms with van der Waals surface area (Å²) in [5, 5.41) is 3.09. The van der Waals surface area contributed by atoms with Crippen LogP contribution >= 0.6 is 15.9 Å². The molecule has 0 radical (unpaired) electrons. The van der Waals surface area contributed by atoms with Crippen LogP contribution in [0.3, 0.4) is 0 Å². The molecule has 0 saturated heterocycles. The lowest BCUT2D eigenvalue weighted by Gasteiger charge is -2.13. The van der Waals surface area contributed by atoms with Crippen LogP contribution in [-0.2, 0) is 11.3 Å². The van der Waals surface area contributed by atoms with Gasteiger partial charge in [0, 0.05) is 20.6 Å². The molecule has 0 heterocycles. The van der Waals surface area contributed by atoms with Crippen LogP contribution in [-0.4, -0.2) is 45.7 Å². The van der Waals surface area contributed by atoms with E-state index >= 15 is 0 Å². The van der Waals surface area contributed by atoms with Gasteiger partial charge in [-0.2, -0.15) is 0 Å². The molecule has 19 heavy (non-hydrogen) atoms. The molecule has 0 saturated carbocycles. The molecule has 0 unspecified atom stereocenters. The molecular weight excluding hydrogens is 312 g/mol. The highest BCUT2D eigenvalue weighted by Crippen LogP contribution is 2.36. The molecule has 5 nitrogen and oxygen atoms in total. The van der Waals surface area contributed by atoms with Crippen LogP contribution in [0.2, 0.25) is 0 Å². The summed E-state index contributed by atoms with van der Waals surface area (Å²) in [6.07, 6.45) is 0. The van der Waals surface area contributed by atoms with Gasteiger partial charge in [0.1, 0.15) is 0 Å². The number of nitrogens with one attached hydrogen (secondary N) is 1. The van der Waals surface area contributed by atoms with Crippen molar-refractivity contribution in [3.05, 3.63) is 22.2 Å². The summed E-state index contributed by atoms with van der Waals surface area (Å²) in [4.78, 5) is 13.0. The molecule has 0 atom stereocenters. The third-order valence-corrected chi connectivity index (χ3v) is 3.19. The first-order valence-corrected chi connectivity index (χ1v) is 6.60. The fourth-order valence-electron chi connectivity index (χ4n) is 1.55. The Morgan fingerprint density at radius 1 is 1.32 bits per heavy atom. The number of carbonyl (C=O) groups excluding carboxylic acids is 1. The van der Waals surface area contributed by atoms with E-state index in [0.29, 0.717) is 24.6 Å². The van der Waals surface area contributed by atoms with E-state index in [1.807, 2.05) is 12.1 Å². The molecule has 1 amide bonds. The van der Waals surface area contributed by atoms with Crippen LogP contribution < -0.4 is 14.8 Å². The SMILES string of the molecule is COc1cc(CNCC(=O)N(C)C)cc(Br)c1OC. The molecule has 0 aliphatic rings. The van der Waals surface area contributed by atoms with Crippen molar-refractivity contribution in [2.45, 2.75) is 6.54 Å². The van der Waals surface area contributed by atoms with Gasteiger partial charge in [0.2, 0.25) is 5.91 Å². The molecule has 1 rings (SSSR count). The molecule has 1 aromatic rings. The number of carbonyl (C=O) groups is 1. The largest absolute Gasteiger partial charge is 0.493 e. The Kier molecular flexibility index (Phi) is 6.11. The molecule has 0 aliphatic carbocycles. The Labute approximate surface area is 122 Å². The number of amides is 1. The third kappa shape index (κ3) is 4.40. The normalized spacial score (nSPS) is 10.2. The molecule has 0 bridgehead atoms. The maximum atomic E-state index is 11.4. The lowest BCUT2D eigenvalue weighted by atomic mass is 10.2. The van der Waals surface area contributed by atoms with Gasteiger partial charge in [-0.25, -0.2) is 0 Å². The molecule has 0 spiro atoms. The van der Waals surface area contributed by atoms with Crippen molar-refractivity contribution >= 4 is 21.8 Å². The van der Waals surface area contributed by atoms with Gasteiger partial charge in [0.15, 0.2) is 11.5 Å². The van der Waals surface area contributed by atoms with Gasteiger partial charge >= 0.3 is 0 Å². The fraction of sp³-hybridized carbons (Fsp3) is 0.462. The van der Waals surface area contributed by atoms with Gasteiger partial charge in [-0.1, -0.05) is 0 Å². The molecule has 0 aromatic heterocycles. The number of methoxy groups -OCH3 is 2. The Morgan fingerprint density at radius 3 is 2.53 bits per heavy atom. The predicted molar refractivity (Wildman–Crippen MR) is 77.6 cm³/mol. The van der Waals surface area contributed by atoms with E-state index in [-0.39, 0.29) is 5.91 Å². The zero-order chi connectivity index (χ0) is 14.4. The van der Waals surface area contributed by atoms with E-state index in [4.69, 9.17) is 9.47 Å². The van der Waals surface area contributed by atoms with Crippen LogP contribution in [0.15, 0.2) is 16.6 Å². The Bertz CT molecular complexity index is 450. The van der Waals surface area contributed by atoms with E-state index in [0.717, 1.165) is 10.0 Å². The predicted octanol–water partition coefficient (Wildman–Crippen LogP) is 1.64. The van der Waals surface area contributed by atoms with E-state index < -0.39 is 0 Å². The van der Waals surface area contributed by atoms with Crippen molar-refractivity contribution in [1.29, 1.82) is 0 Å². The molecule has 0 fully saturated rings. The first kappa shape index (κ1) is 15.8. The van der Waals surface area contributed by atoms with E-state index in [1.54, 1.807) is 33.2 Å². The Balaban J connectivity index is 2.69. The van der Waals surface area contributed by atoms with E-state index in [9.17, 15) is 4.79 Å². The van der Waals surface area contributed by atoms with Crippen molar-refractivity contribution in [2.24, 2.45) is 0 Å².